The molecule has 1 heterocycles. The summed E-state index contributed by atoms with van der Waals surface area (Å²) in [5.74, 6) is -0.975. The van der Waals surface area contributed by atoms with Gasteiger partial charge in [-0.25, -0.2) is 4.79 Å². The molecule has 3 rings (SSSR count). The van der Waals surface area contributed by atoms with E-state index in [9.17, 15) is 19.4 Å². The molecule has 0 bridgehead atoms. The lowest BCUT2D eigenvalue weighted by atomic mass is 9.89. The molecule has 2 aromatic carbocycles. The number of morpholine rings is 1. The summed E-state index contributed by atoms with van der Waals surface area (Å²) in [6.07, 6.45) is 0.101. The van der Waals surface area contributed by atoms with Crippen LogP contribution in [-0.4, -0.2) is 40.9 Å². The molecule has 1 aliphatic heterocycles. The molecule has 0 saturated carbocycles. The summed E-state index contributed by atoms with van der Waals surface area (Å²) < 4.78 is 18.0. The average Bonchev–Trinajstić information content (AvgIpc) is 2.68. The second-order valence-electron chi connectivity index (χ2n) is 7.08. The average molecular weight is 389 g/mol. The van der Waals surface area contributed by atoms with Gasteiger partial charge in [0.2, 0.25) is 0 Å². The monoisotopic (exact) mass is 389 g/mol. The molecule has 1 aliphatic rings. The molecular weight excluding hydrogens is 365 g/mol. The first-order valence-corrected chi connectivity index (χ1v) is 10.3. The van der Waals surface area contributed by atoms with E-state index in [0.29, 0.717) is 19.6 Å². The Hall–Kier alpha value is -1.98. The zero-order valence-electron chi connectivity index (χ0n) is 15.1. The van der Waals surface area contributed by atoms with Gasteiger partial charge in [-0.2, -0.15) is 0 Å². The van der Waals surface area contributed by atoms with Gasteiger partial charge in [0.05, 0.1) is 29.5 Å². The van der Waals surface area contributed by atoms with Crippen molar-refractivity contribution in [3.05, 3.63) is 71.3 Å². The van der Waals surface area contributed by atoms with Gasteiger partial charge in [-0.05, 0) is 36.6 Å². The number of carboxylic acids is 1. The van der Waals surface area contributed by atoms with Crippen LogP contribution in [0, 0.1) is 0 Å². The number of ether oxygens (including phenoxy) is 1. The number of rotatable bonds is 6. The molecule has 144 valence electrons. The van der Waals surface area contributed by atoms with Crippen molar-refractivity contribution in [1.29, 1.82) is 0 Å². The number of aromatic carboxylic acids is 1. The van der Waals surface area contributed by atoms with Crippen LogP contribution in [0.2, 0.25) is 0 Å². The number of carbonyl (C=O) groups is 1. The first kappa shape index (κ1) is 19.8. The minimum atomic E-state index is -2.78. The molecular formula is C20H24NO5P. The van der Waals surface area contributed by atoms with Crippen LogP contribution in [0.15, 0.2) is 54.6 Å². The summed E-state index contributed by atoms with van der Waals surface area (Å²) in [5.41, 5.74) is 1.02. The van der Waals surface area contributed by atoms with E-state index in [-0.39, 0.29) is 11.7 Å². The zero-order valence-corrected chi connectivity index (χ0v) is 16.1. The summed E-state index contributed by atoms with van der Waals surface area (Å²) in [6.45, 7) is 2.65. The molecule has 0 aliphatic carbocycles. The molecule has 0 aromatic heterocycles. The SMILES string of the molecule is C[C@@]1(c2cccc(C(=O)O)c2)CO[C@H](C(Cc2ccccc2)[PH](=O)O)CN1. The smallest absolute Gasteiger partial charge is 0.335 e. The van der Waals surface area contributed by atoms with Crippen LogP contribution in [0.3, 0.4) is 0 Å². The van der Waals surface area contributed by atoms with Crippen molar-refractivity contribution in [2.24, 2.45) is 0 Å². The van der Waals surface area contributed by atoms with E-state index in [0.717, 1.165) is 11.1 Å². The van der Waals surface area contributed by atoms with Crippen LogP contribution in [0.4, 0.5) is 0 Å². The van der Waals surface area contributed by atoms with Crippen LogP contribution in [0.5, 0.6) is 0 Å². The Bertz CT molecular complexity index is 818. The minimum Gasteiger partial charge on any atom is -0.478 e. The third kappa shape index (κ3) is 4.66. The van der Waals surface area contributed by atoms with Crippen LogP contribution >= 0.6 is 8.03 Å². The highest BCUT2D eigenvalue weighted by Gasteiger charge is 2.37. The third-order valence-electron chi connectivity index (χ3n) is 5.09. The Morgan fingerprint density at radius 3 is 2.63 bits per heavy atom. The standard InChI is InChI=1S/C20H24NO5P/c1-20(16-9-5-8-15(11-16)19(22)23)13-26-17(12-21-20)18(27(24)25)10-14-6-3-2-4-7-14/h2-9,11,17-18,21,27H,10,12-13H2,1H3,(H,22,23)(H,24,25)/t17-,18?,20-/m0/s1. The molecule has 1 fully saturated rings. The van der Waals surface area contributed by atoms with E-state index < -0.39 is 25.2 Å². The lowest BCUT2D eigenvalue weighted by Gasteiger charge is -2.41. The number of carboxylic acid groups (broad SMARTS) is 1. The van der Waals surface area contributed by atoms with Crippen molar-refractivity contribution in [3.63, 3.8) is 0 Å². The van der Waals surface area contributed by atoms with Crippen LogP contribution in [0.1, 0.15) is 28.4 Å². The number of hydrogen-bond donors (Lipinski definition) is 3. The van der Waals surface area contributed by atoms with E-state index in [1.54, 1.807) is 18.2 Å². The van der Waals surface area contributed by atoms with E-state index in [4.69, 9.17) is 4.74 Å². The molecule has 0 amide bonds. The fraction of sp³-hybridized carbons (Fsp3) is 0.350. The first-order valence-electron chi connectivity index (χ1n) is 8.86. The molecule has 4 atom stereocenters. The van der Waals surface area contributed by atoms with Gasteiger partial charge >= 0.3 is 5.97 Å². The van der Waals surface area contributed by atoms with Gasteiger partial charge in [-0.3, -0.25) is 4.57 Å². The zero-order chi connectivity index (χ0) is 19.4. The third-order valence-corrected chi connectivity index (χ3v) is 6.30. The molecule has 6 nitrogen and oxygen atoms in total. The number of nitrogens with one attached hydrogen (secondary N) is 1. The summed E-state index contributed by atoms with van der Waals surface area (Å²) in [7, 11) is -2.78. The van der Waals surface area contributed by atoms with E-state index in [2.05, 4.69) is 5.32 Å². The van der Waals surface area contributed by atoms with Crippen molar-refractivity contribution < 1.29 is 24.1 Å². The molecule has 0 spiro atoms. The van der Waals surface area contributed by atoms with Gasteiger partial charge in [0.25, 0.3) is 0 Å². The van der Waals surface area contributed by atoms with Crippen LogP contribution < -0.4 is 5.32 Å². The van der Waals surface area contributed by atoms with Gasteiger partial charge in [0, 0.05) is 6.54 Å². The molecule has 3 N–H and O–H groups in total. The molecule has 2 aromatic rings. The maximum atomic E-state index is 12.0. The van der Waals surface area contributed by atoms with E-state index >= 15 is 0 Å². The lowest BCUT2D eigenvalue weighted by Crippen LogP contribution is -2.55. The quantitative estimate of drug-likeness (QED) is 0.658. The Labute approximate surface area is 159 Å². The second-order valence-corrected chi connectivity index (χ2v) is 8.50. The first-order chi connectivity index (χ1) is 12.9. The van der Waals surface area contributed by atoms with Crippen LogP contribution in [0.25, 0.3) is 0 Å². The number of benzene rings is 2. The topological polar surface area (TPSA) is 95.9 Å². The van der Waals surface area contributed by atoms with Crippen molar-refractivity contribution in [2.75, 3.05) is 13.2 Å². The van der Waals surface area contributed by atoms with Crippen LogP contribution in [-0.2, 0) is 21.3 Å². The van der Waals surface area contributed by atoms with Gasteiger partial charge < -0.3 is 20.1 Å². The Morgan fingerprint density at radius 1 is 1.30 bits per heavy atom. The van der Waals surface area contributed by atoms with Gasteiger partial charge in [-0.1, -0.05) is 42.5 Å². The maximum Gasteiger partial charge on any atom is 0.335 e. The van der Waals surface area contributed by atoms with Gasteiger partial charge in [-0.15, -0.1) is 0 Å². The summed E-state index contributed by atoms with van der Waals surface area (Å²) in [4.78, 5) is 21.1. The van der Waals surface area contributed by atoms with E-state index in [1.807, 2.05) is 43.3 Å². The molecule has 7 heteroatoms. The minimum absolute atomic E-state index is 0.222. The fourth-order valence-corrected chi connectivity index (χ4v) is 4.34. The summed E-state index contributed by atoms with van der Waals surface area (Å²) in [5, 5.41) is 12.6. The van der Waals surface area contributed by atoms with E-state index in [1.165, 1.54) is 0 Å². The molecule has 0 radical (unpaired) electrons. The summed E-state index contributed by atoms with van der Waals surface area (Å²) in [6, 6.07) is 16.4. The number of hydrogen-bond acceptors (Lipinski definition) is 4. The van der Waals surface area contributed by atoms with Crippen molar-refractivity contribution in [2.45, 2.75) is 30.6 Å². The Kier molecular flexibility index (Phi) is 6.12. The second kappa shape index (κ2) is 8.36. The highest BCUT2D eigenvalue weighted by Crippen LogP contribution is 2.34. The highest BCUT2D eigenvalue weighted by atomic mass is 31.1. The lowest BCUT2D eigenvalue weighted by molar-refractivity contribution is -0.0313. The predicted molar refractivity (Wildman–Crippen MR) is 104 cm³/mol. The molecule has 2 unspecified atom stereocenters. The normalized spacial score (nSPS) is 24.9. The predicted octanol–water partition coefficient (Wildman–Crippen LogP) is 2.67. The van der Waals surface area contributed by atoms with Gasteiger partial charge in [0.1, 0.15) is 0 Å². The van der Waals surface area contributed by atoms with Gasteiger partial charge in [0.15, 0.2) is 8.03 Å². The highest BCUT2D eigenvalue weighted by molar-refractivity contribution is 7.39. The Balaban J connectivity index is 1.72. The summed E-state index contributed by atoms with van der Waals surface area (Å²) >= 11 is 0. The Morgan fingerprint density at radius 2 is 2.04 bits per heavy atom. The van der Waals surface area contributed by atoms with Crippen molar-refractivity contribution >= 4 is 14.0 Å². The fourth-order valence-electron chi connectivity index (χ4n) is 3.39. The van der Waals surface area contributed by atoms with Crippen molar-refractivity contribution in [3.8, 4) is 0 Å². The largest absolute Gasteiger partial charge is 0.478 e. The van der Waals surface area contributed by atoms with Crippen molar-refractivity contribution in [1.82, 2.24) is 5.32 Å². The molecule has 1 saturated heterocycles. The maximum absolute atomic E-state index is 12.0. The molecule has 27 heavy (non-hydrogen) atoms.